The van der Waals surface area contributed by atoms with Crippen molar-refractivity contribution in [3.63, 3.8) is 0 Å². The topological polar surface area (TPSA) is 88.8 Å². The van der Waals surface area contributed by atoms with Gasteiger partial charge in [-0.25, -0.2) is 4.79 Å². The van der Waals surface area contributed by atoms with Gasteiger partial charge in [-0.05, 0) is 37.3 Å². The number of aromatic carboxylic acids is 1. The van der Waals surface area contributed by atoms with Gasteiger partial charge < -0.3 is 19.6 Å². The SMILES string of the molecule is CC(C)CC1CC(NC(=O)c2ccc(C(=O)O)o2)CCO1. The molecule has 2 atom stereocenters. The van der Waals surface area contributed by atoms with Crippen molar-refractivity contribution < 1.29 is 23.8 Å². The van der Waals surface area contributed by atoms with E-state index in [2.05, 4.69) is 19.2 Å². The molecule has 21 heavy (non-hydrogen) atoms. The van der Waals surface area contributed by atoms with Gasteiger partial charge in [-0.15, -0.1) is 0 Å². The van der Waals surface area contributed by atoms with Gasteiger partial charge >= 0.3 is 5.97 Å². The number of amides is 1. The van der Waals surface area contributed by atoms with Gasteiger partial charge in [-0.1, -0.05) is 13.8 Å². The molecule has 1 aliphatic heterocycles. The summed E-state index contributed by atoms with van der Waals surface area (Å²) in [6.45, 7) is 4.91. The Morgan fingerprint density at radius 3 is 2.71 bits per heavy atom. The van der Waals surface area contributed by atoms with Crippen molar-refractivity contribution in [1.82, 2.24) is 5.32 Å². The maximum absolute atomic E-state index is 12.0. The molecule has 0 saturated carbocycles. The Labute approximate surface area is 123 Å². The van der Waals surface area contributed by atoms with Crippen LogP contribution in [-0.2, 0) is 4.74 Å². The van der Waals surface area contributed by atoms with Crippen molar-refractivity contribution in [2.24, 2.45) is 5.92 Å². The zero-order chi connectivity index (χ0) is 15.4. The predicted octanol–water partition coefficient (Wildman–Crippen LogP) is 2.30. The van der Waals surface area contributed by atoms with Crippen LogP contribution in [0, 0.1) is 5.92 Å². The number of carbonyl (C=O) groups excluding carboxylic acids is 1. The van der Waals surface area contributed by atoms with E-state index in [1.165, 1.54) is 12.1 Å². The molecule has 1 aromatic rings. The lowest BCUT2D eigenvalue weighted by Gasteiger charge is -2.30. The summed E-state index contributed by atoms with van der Waals surface area (Å²) < 4.78 is 10.7. The van der Waals surface area contributed by atoms with Crippen LogP contribution in [0.3, 0.4) is 0 Å². The maximum Gasteiger partial charge on any atom is 0.371 e. The number of hydrogen-bond donors (Lipinski definition) is 2. The van der Waals surface area contributed by atoms with E-state index in [4.69, 9.17) is 14.3 Å². The van der Waals surface area contributed by atoms with Gasteiger partial charge in [0.2, 0.25) is 5.76 Å². The minimum absolute atomic E-state index is 0.0271. The molecule has 6 heteroatoms. The van der Waals surface area contributed by atoms with Crippen LogP contribution in [0.25, 0.3) is 0 Å². The van der Waals surface area contributed by atoms with Crippen molar-refractivity contribution in [3.05, 3.63) is 23.7 Å². The zero-order valence-corrected chi connectivity index (χ0v) is 12.3. The van der Waals surface area contributed by atoms with Gasteiger partial charge in [0.05, 0.1) is 6.10 Å². The molecule has 1 saturated heterocycles. The van der Waals surface area contributed by atoms with Crippen LogP contribution >= 0.6 is 0 Å². The lowest BCUT2D eigenvalue weighted by atomic mass is 9.96. The third kappa shape index (κ3) is 4.32. The second-order valence-corrected chi connectivity index (χ2v) is 5.79. The zero-order valence-electron chi connectivity index (χ0n) is 12.3. The van der Waals surface area contributed by atoms with E-state index >= 15 is 0 Å². The fraction of sp³-hybridized carbons (Fsp3) is 0.600. The number of carbonyl (C=O) groups is 2. The van der Waals surface area contributed by atoms with E-state index in [0.717, 1.165) is 19.3 Å². The minimum Gasteiger partial charge on any atom is -0.475 e. The molecule has 1 aromatic heterocycles. The Morgan fingerprint density at radius 2 is 2.10 bits per heavy atom. The Kier molecular flexibility index (Phi) is 5.01. The van der Waals surface area contributed by atoms with E-state index in [1.807, 2.05) is 0 Å². The fourth-order valence-corrected chi connectivity index (χ4v) is 2.53. The molecule has 116 valence electrons. The molecule has 0 bridgehead atoms. The van der Waals surface area contributed by atoms with Crippen LogP contribution < -0.4 is 5.32 Å². The summed E-state index contributed by atoms with van der Waals surface area (Å²) in [6.07, 6.45) is 2.66. The van der Waals surface area contributed by atoms with Gasteiger partial charge in [0, 0.05) is 12.6 Å². The number of carboxylic acids is 1. The summed E-state index contributed by atoms with van der Waals surface area (Å²) in [7, 11) is 0. The standard InChI is InChI=1S/C15H21NO5/c1-9(2)7-11-8-10(5-6-20-11)16-14(17)12-3-4-13(21-12)15(18)19/h3-4,9-11H,5-8H2,1-2H3,(H,16,17)(H,18,19). The van der Waals surface area contributed by atoms with Crippen LogP contribution in [-0.4, -0.2) is 35.7 Å². The summed E-state index contributed by atoms with van der Waals surface area (Å²) in [5, 5.41) is 11.7. The van der Waals surface area contributed by atoms with Crippen molar-refractivity contribution in [2.75, 3.05) is 6.61 Å². The Hall–Kier alpha value is -1.82. The largest absolute Gasteiger partial charge is 0.475 e. The normalized spacial score (nSPS) is 22.2. The smallest absolute Gasteiger partial charge is 0.371 e. The highest BCUT2D eigenvalue weighted by molar-refractivity contribution is 5.93. The van der Waals surface area contributed by atoms with Crippen molar-refractivity contribution in [3.8, 4) is 0 Å². The van der Waals surface area contributed by atoms with Gasteiger partial charge in [0.25, 0.3) is 5.91 Å². The number of nitrogens with one attached hydrogen (secondary N) is 1. The first kappa shape index (κ1) is 15.6. The third-order valence-electron chi connectivity index (χ3n) is 3.48. The molecule has 0 aliphatic carbocycles. The summed E-state index contributed by atoms with van der Waals surface area (Å²) in [5.74, 6) is -1.22. The number of ether oxygens (including phenoxy) is 1. The quantitative estimate of drug-likeness (QED) is 0.870. The van der Waals surface area contributed by atoms with Gasteiger partial charge in [-0.3, -0.25) is 4.79 Å². The average molecular weight is 295 g/mol. The molecule has 2 rings (SSSR count). The first-order valence-electron chi connectivity index (χ1n) is 7.21. The second-order valence-electron chi connectivity index (χ2n) is 5.79. The molecule has 6 nitrogen and oxygen atoms in total. The summed E-state index contributed by atoms with van der Waals surface area (Å²) in [5.41, 5.74) is 0. The Balaban J connectivity index is 1.90. The summed E-state index contributed by atoms with van der Waals surface area (Å²) >= 11 is 0. The number of furan rings is 1. The lowest BCUT2D eigenvalue weighted by Crippen LogP contribution is -2.42. The molecule has 0 radical (unpaired) electrons. The molecule has 0 aromatic carbocycles. The monoisotopic (exact) mass is 295 g/mol. The molecule has 1 aliphatic rings. The van der Waals surface area contributed by atoms with E-state index in [1.54, 1.807) is 0 Å². The third-order valence-corrected chi connectivity index (χ3v) is 3.48. The highest BCUT2D eigenvalue weighted by Gasteiger charge is 2.25. The van der Waals surface area contributed by atoms with Gasteiger partial charge in [-0.2, -0.15) is 0 Å². The molecule has 0 spiro atoms. The van der Waals surface area contributed by atoms with Crippen molar-refractivity contribution >= 4 is 11.9 Å². The molecular weight excluding hydrogens is 274 g/mol. The van der Waals surface area contributed by atoms with E-state index in [0.29, 0.717) is 12.5 Å². The maximum atomic E-state index is 12.0. The van der Waals surface area contributed by atoms with Gasteiger partial charge in [0.1, 0.15) is 0 Å². The number of carboxylic acid groups (broad SMARTS) is 1. The molecule has 2 unspecified atom stereocenters. The summed E-state index contributed by atoms with van der Waals surface area (Å²) in [6, 6.07) is 2.69. The molecular formula is C15H21NO5. The van der Waals surface area contributed by atoms with E-state index in [9.17, 15) is 9.59 Å². The number of rotatable bonds is 5. The predicted molar refractivity (Wildman–Crippen MR) is 75.4 cm³/mol. The lowest BCUT2D eigenvalue weighted by molar-refractivity contribution is -0.00862. The molecule has 2 N–H and O–H groups in total. The van der Waals surface area contributed by atoms with Crippen LogP contribution in [0.1, 0.15) is 54.2 Å². The minimum atomic E-state index is -1.18. The first-order valence-corrected chi connectivity index (χ1v) is 7.21. The second kappa shape index (κ2) is 6.76. The highest BCUT2D eigenvalue weighted by atomic mass is 16.5. The van der Waals surface area contributed by atoms with Crippen LogP contribution in [0.15, 0.2) is 16.5 Å². The molecule has 1 fully saturated rings. The van der Waals surface area contributed by atoms with Crippen LogP contribution in [0.2, 0.25) is 0 Å². The van der Waals surface area contributed by atoms with Crippen molar-refractivity contribution in [2.45, 2.75) is 45.3 Å². The molecule has 1 amide bonds. The van der Waals surface area contributed by atoms with E-state index in [-0.39, 0.29) is 29.6 Å². The van der Waals surface area contributed by atoms with Crippen LogP contribution in [0.5, 0.6) is 0 Å². The van der Waals surface area contributed by atoms with Crippen molar-refractivity contribution in [1.29, 1.82) is 0 Å². The molecule has 2 heterocycles. The Bertz CT molecular complexity index is 508. The van der Waals surface area contributed by atoms with Crippen LogP contribution in [0.4, 0.5) is 0 Å². The fourth-order valence-electron chi connectivity index (χ4n) is 2.53. The number of hydrogen-bond acceptors (Lipinski definition) is 4. The summed E-state index contributed by atoms with van der Waals surface area (Å²) in [4.78, 5) is 22.8. The van der Waals surface area contributed by atoms with Gasteiger partial charge in [0.15, 0.2) is 5.76 Å². The average Bonchev–Trinajstić information content (AvgIpc) is 2.88. The Morgan fingerprint density at radius 1 is 1.38 bits per heavy atom. The highest BCUT2D eigenvalue weighted by Crippen LogP contribution is 2.20. The first-order chi connectivity index (χ1) is 9.95. The van der Waals surface area contributed by atoms with E-state index < -0.39 is 5.97 Å².